The topological polar surface area (TPSA) is 51.0 Å². The lowest BCUT2D eigenvalue weighted by Gasteiger charge is -2.21. The van der Waals surface area contributed by atoms with E-state index in [4.69, 9.17) is 0 Å². The second-order valence-electron chi connectivity index (χ2n) is 4.93. The van der Waals surface area contributed by atoms with Crippen LogP contribution in [0.4, 0.5) is 0 Å². The summed E-state index contributed by atoms with van der Waals surface area (Å²) in [6, 6.07) is 3.83. The monoisotopic (exact) mass is 334 g/mol. The maximum atomic E-state index is 12.3. The van der Waals surface area contributed by atoms with Crippen LogP contribution in [0.1, 0.15) is 33.0 Å². The Bertz CT molecular complexity index is 612. The van der Waals surface area contributed by atoms with Gasteiger partial charge >= 0.3 is 0 Å². The number of carbonyl (C=O) groups is 1. The summed E-state index contributed by atoms with van der Waals surface area (Å²) >= 11 is 1.69. The van der Waals surface area contributed by atoms with Gasteiger partial charge in [0.15, 0.2) is 0 Å². The molecule has 1 amide bonds. The molecular formula is C17H26N4OS. The van der Waals surface area contributed by atoms with Gasteiger partial charge in [-0.3, -0.25) is 14.8 Å². The van der Waals surface area contributed by atoms with E-state index in [2.05, 4.69) is 16.9 Å². The minimum Gasteiger partial charge on any atom is -0.273 e. The van der Waals surface area contributed by atoms with Crippen molar-refractivity contribution in [1.29, 1.82) is 0 Å². The van der Waals surface area contributed by atoms with Crippen LogP contribution in [0, 0.1) is 6.92 Å². The number of aromatic nitrogens is 3. The molecule has 23 heavy (non-hydrogen) atoms. The molecule has 0 radical (unpaired) electrons. The third-order valence-corrected chi connectivity index (χ3v) is 4.34. The van der Waals surface area contributed by atoms with Gasteiger partial charge in [0, 0.05) is 36.7 Å². The highest BCUT2D eigenvalue weighted by Gasteiger charge is 2.17. The van der Waals surface area contributed by atoms with Crippen molar-refractivity contribution < 1.29 is 4.79 Å². The maximum absolute atomic E-state index is 12.3. The van der Waals surface area contributed by atoms with Crippen LogP contribution in [0.25, 0.3) is 11.3 Å². The third-order valence-electron chi connectivity index (χ3n) is 3.36. The Morgan fingerprint density at radius 1 is 1.43 bits per heavy atom. The van der Waals surface area contributed by atoms with Crippen LogP contribution in [-0.2, 0) is 4.79 Å². The number of imidazole rings is 1. The van der Waals surface area contributed by atoms with Crippen LogP contribution in [0.15, 0.2) is 30.7 Å². The number of hydrogen-bond donors (Lipinski definition) is 0. The smallest absolute Gasteiger partial charge is 0.242 e. The molecule has 2 rings (SSSR count). The molecule has 0 fully saturated rings. The molecule has 1 unspecified atom stereocenters. The second kappa shape index (κ2) is 9.35. The predicted octanol–water partition coefficient (Wildman–Crippen LogP) is 3.52. The lowest BCUT2D eigenvalue weighted by molar-refractivity contribution is -0.119. The SMILES string of the molecule is CC.CSC(C)CC(=O)N(C)n1cc(-c2cccnc2)nc1C. The van der Waals surface area contributed by atoms with E-state index in [1.165, 1.54) is 0 Å². The average Bonchev–Trinajstić information content (AvgIpc) is 2.98. The molecule has 6 heteroatoms. The number of pyridine rings is 1. The van der Waals surface area contributed by atoms with Gasteiger partial charge in [-0.25, -0.2) is 9.66 Å². The van der Waals surface area contributed by atoms with Gasteiger partial charge < -0.3 is 0 Å². The molecule has 1 atom stereocenters. The first-order valence-electron chi connectivity index (χ1n) is 7.79. The zero-order chi connectivity index (χ0) is 17.4. The van der Waals surface area contributed by atoms with E-state index in [-0.39, 0.29) is 5.91 Å². The zero-order valence-electron chi connectivity index (χ0n) is 14.8. The van der Waals surface area contributed by atoms with E-state index in [0.717, 1.165) is 17.1 Å². The minimum absolute atomic E-state index is 0.0788. The highest BCUT2D eigenvalue weighted by atomic mass is 32.2. The van der Waals surface area contributed by atoms with Gasteiger partial charge in [-0.05, 0) is 25.3 Å². The molecule has 2 aromatic heterocycles. The first-order chi connectivity index (χ1) is 11.0. The summed E-state index contributed by atoms with van der Waals surface area (Å²) in [6.07, 6.45) is 7.89. The van der Waals surface area contributed by atoms with E-state index in [9.17, 15) is 4.79 Å². The first-order valence-corrected chi connectivity index (χ1v) is 9.07. The fraction of sp³-hybridized carbons (Fsp3) is 0.471. The third kappa shape index (κ3) is 5.10. The molecule has 0 aliphatic rings. The Labute approximate surface area is 143 Å². The molecule has 0 bridgehead atoms. The van der Waals surface area contributed by atoms with Crippen molar-refractivity contribution in [2.24, 2.45) is 0 Å². The zero-order valence-corrected chi connectivity index (χ0v) is 15.6. The molecule has 126 valence electrons. The Balaban J connectivity index is 0.00000127. The lowest BCUT2D eigenvalue weighted by Crippen LogP contribution is -2.38. The highest BCUT2D eigenvalue weighted by Crippen LogP contribution is 2.18. The Morgan fingerprint density at radius 3 is 2.70 bits per heavy atom. The summed E-state index contributed by atoms with van der Waals surface area (Å²) in [5.74, 6) is 0.858. The molecule has 0 aliphatic heterocycles. The summed E-state index contributed by atoms with van der Waals surface area (Å²) < 4.78 is 1.79. The summed E-state index contributed by atoms with van der Waals surface area (Å²) in [7, 11) is 1.77. The van der Waals surface area contributed by atoms with Crippen LogP contribution >= 0.6 is 11.8 Å². The standard InChI is InChI=1S/C15H20N4OS.C2H6/c1-11(21-4)8-15(20)18(3)19-10-14(17-12(19)2)13-6-5-7-16-9-13;1-2/h5-7,9-11H,8H2,1-4H3;1-2H3. The Hall–Kier alpha value is -1.82. The second-order valence-corrected chi connectivity index (χ2v) is 6.20. The predicted molar refractivity (Wildman–Crippen MR) is 98.3 cm³/mol. The van der Waals surface area contributed by atoms with E-state index in [1.54, 1.807) is 40.9 Å². The molecule has 0 N–H and O–H groups in total. The average molecular weight is 334 g/mol. The fourth-order valence-electron chi connectivity index (χ4n) is 2.00. The Morgan fingerprint density at radius 2 is 2.13 bits per heavy atom. The number of rotatable bonds is 5. The van der Waals surface area contributed by atoms with Crippen molar-refractivity contribution in [2.75, 3.05) is 18.3 Å². The van der Waals surface area contributed by atoms with Crippen LogP contribution in [0.3, 0.4) is 0 Å². The van der Waals surface area contributed by atoms with Gasteiger partial charge in [0.25, 0.3) is 0 Å². The highest BCUT2D eigenvalue weighted by molar-refractivity contribution is 7.99. The summed E-state index contributed by atoms with van der Waals surface area (Å²) in [4.78, 5) is 20.9. The van der Waals surface area contributed by atoms with Gasteiger partial charge in [-0.15, -0.1) is 0 Å². The van der Waals surface area contributed by atoms with Crippen molar-refractivity contribution in [1.82, 2.24) is 14.6 Å². The molecule has 0 saturated carbocycles. The van der Waals surface area contributed by atoms with E-state index >= 15 is 0 Å². The van der Waals surface area contributed by atoms with Gasteiger partial charge in [-0.2, -0.15) is 11.8 Å². The van der Waals surface area contributed by atoms with Gasteiger partial charge in [0.1, 0.15) is 5.82 Å². The number of amides is 1. The molecule has 2 heterocycles. The lowest BCUT2D eigenvalue weighted by atomic mass is 10.2. The molecule has 0 aliphatic carbocycles. The van der Waals surface area contributed by atoms with Crippen molar-refractivity contribution >= 4 is 17.7 Å². The van der Waals surface area contributed by atoms with Crippen LogP contribution < -0.4 is 5.01 Å². The first kappa shape index (κ1) is 19.2. The molecule has 0 saturated heterocycles. The largest absolute Gasteiger partial charge is 0.273 e. The van der Waals surface area contributed by atoms with E-state index in [1.807, 2.05) is 45.4 Å². The summed E-state index contributed by atoms with van der Waals surface area (Å²) in [5, 5.41) is 1.93. The Kier molecular flexibility index (Phi) is 7.81. The van der Waals surface area contributed by atoms with Crippen LogP contribution in [-0.4, -0.2) is 39.1 Å². The minimum atomic E-state index is 0.0788. The number of aryl methyl sites for hydroxylation is 1. The maximum Gasteiger partial charge on any atom is 0.242 e. The number of nitrogens with zero attached hydrogens (tertiary/aromatic N) is 4. The quantitative estimate of drug-likeness (QED) is 0.839. The number of carbonyl (C=O) groups excluding carboxylic acids is 1. The van der Waals surface area contributed by atoms with Crippen molar-refractivity contribution in [3.05, 3.63) is 36.5 Å². The molecule has 0 spiro atoms. The van der Waals surface area contributed by atoms with Crippen molar-refractivity contribution in [2.45, 2.75) is 39.4 Å². The van der Waals surface area contributed by atoms with Gasteiger partial charge in [-0.1, -0.05) is 20.8 Å². The van der Waals surface area contributed by atoms with Crippen molar-refractivity contribution in [3.63, 3.8) is 0 Å². The molecule has 2 aromatic rings. The summed E-state index contributed by atoms with van der Waals surface area (Å²) in [5.41, 5.74) is 1.76. The van der Waals surface area contributed by atoms with Crippen molar-refractivity contribution in [3.8, 4) is 11.3 Å². The number of hydrogen-bond acceptors (Lipinski definition) is 4. The summed E-state index contributed by atoms with van der Waals surface area (Å²) in [6.45, 7) is 7.94. The van der Waals surface area contributed by atoms with E-state index < -0.39 is 0 Å². The fourth-order valence-corrected chi connectivity index (χ4v) is 2.31. The van der Waals surface area contributed by atoms with Gasteiger partial charge in [0.2, 0.25) is 5.91 Å². The van der Waals surface area contributed by atoms with Crippen LogP contribution in [0.2, 0.25) is 0 Å². The van der Waals surface area contributed by atoms with E-state index in [0.29, 0.717) is 11.7 Å². The van der Waals surface area contributed by atoms with Crippen LogP contribution in [0.5, 0.6) is 0 Å². The van der Waals surface area contributed by atoms with Gasteiger partial charge in [0.05, 0.1) is 11.9 Å². The number of thioether (sulfide) groups is 1. The normalized spacial score (nSPS) is 11.4. The molecular weight excluding hydrogens is 308 g/mol. The molecule has 0 aromatic carbocycles. The molecule has 5 nitrogen and oxygen atoms in total.